The third kappa shape index (κ3) is 4.29. The molecule has 9 heteroatoms. The zero-order valence-electron chi connectivity index (χ0n) is 14.5. The first kappa shape index (κ1) is 19.8. The van der Waals surface area contributed by atoms with Crippen molar-refractivity contribution in [3.63, 3.8) is 0 Å². The minimum atomic E-state index is -4.25. The number of halogens is 2. The third-order valence-corrected chi connectivity index (χ3v) is 5.58. The van der Waals surface area contributed by atoms with Crippen molar-refractivity contribution in [2.75, 3.05) is 7.11 Å². The van der Waals surface area contributed by atoms with E-state index in [0.717, 1.165) is 0 Å². The quantitative estimate of drug-likeness (QED) is 0.803. The number of nitrogens with one attached hydrogen (secondary N) is 1. The molecule has 1 N–H and O–H groups in total. The van der Waals surface area contributed by atoms with Crippen LogP contribution in [-0.4, -0.2) is 27.6 Å². The van der Waals surface area contributed by atoms with Crippen molar-refractivity contribution >= 4 is 39.8 Å². The van der Waals surface area contributed by atoms with E-state index in [0.29, 0.717) is 11.1 Å². The molecule has 0 spiro atoms. The van der Waals surface area contributed by atoms with E-state index in [-0.39, 0.29) is 21.4 Å². The Labute approximate surface area is 166 Å². The second-order valence-corrected chi connectivity index (χ2v) is 7.74. The van der Waals surface area contributed by atoms with Crippen LogP contribution >= 0.6 is 11.6 Å². The largest absolute Gasteiger partial charge is 0.497 e. The van der Waals surface area contributed by atoms with Crippen LogP contribution in [0.4, 0.5) is 4.39 Å². The predicted octanol–water partition coefficient (Wildman–Crippen LogP) is 3.34. The van der Waals surface area contributed by atoms with Gasteiger partial charge in [0.2, 0.25) is 0 Å². The summed E-state index contributed by atoms with van der Waals surface area (Å²) in [6.45, 7) is 0. The Morgan fingerprint density at radius 2 is 2.00 bits per heavy atom. The number of carbonyl (C=O) groups excluding carboxylic acids is 1. The maximum absolute atomic E-state index is 13.7. The maximum Gasteiger partial charge on any atom is 0.283 e. The number of allylic oxidation sites excluding steroid dienone is 2. The van der Waals surface area contributed by atoms with E-state index in [1.54, 1.807) is 18.2 Å². The lowest BCUT2D eigenvalue weighted by atomic mass is 10.1. The van der Waals surface area contributed by atoms with Gasteiger partial charge in [-0.25, -0.2) is 17.5 Å². The van der Waals surface area contributed by atoms with Crippen molar-refractivity contribution in [3.05, 3.63) is 76.2 Å². The lowest BCUT2D eigenvalue weighted by Crippen LogP contribution is -2.31. The molecule has 0 atom stereocenters. The van der Waals surface area contributed by atoms with Crippen LogP contribution in [0.25, 0.3) is 6.08 Å². The molecular weight excluding hydrogens is 407 g/mol. The van der Waals surface area contributed by atoms with Gasteiger partial charge < -0.3 is 4.74 Å². The van der Waals surface area contributed by atoms with Gasteiger partial charge in [-0.05, 0) is 35.9 Å². The summed E-state index contributed by atoms with van der Waals surface area (Å²) in [6, 6.07) is 10.1. The molecule has 1 heterocycles. The number of sulfonamides is 1. The molecule has 2 aromatic rings. The Morgan fingerprint density at radius 1 is 1.25 bits per heavy atom. The Balaban J connectivity index is 1.82. The van der Waals surface area contributed by atoms with Crippen LogP contribution in [-0.2, 0) is 14.8 Å². The first-order valence-electron chi connectivity index (χ1n) is 7.93. The summed E-state index contributed by atoms with van der Waals surface area (Å²) in [5.74, 6) is -1.09. The SMILES string of the molecule is COc1ccc(Cl)c(S(=O)(=O)NC(=O)C2=C/C(=C\c3ccccc3F)C=N2)c1. The minimum Gasteiger partial charge on any atom is -0.497 e. The zero-order valence-corrected chi connectivity index (χ0v) is 16.1. The molecule has 0 saturated carbocycles. The van der Waals surface area contributed by atoms with Gasteiger partial charge in [-0.1, -0.05) is 29.8 Å². The summed E-state index contributed by atoms with van der Waals surface area (Å²) in [4.78, 5) is 15.9. The van der Waals surface area contributed by atoms with Gasteiger partial charge >= 0.3 is 0 Å². The van der Waals surface area contributed by atoms with Gasteiger partial charge in [-0.2, -0.15) is 0 Å². The van der Waals surface area contributed by atoms with E-state index in [1.165, 1.54) is 49.7 Å². The first-order chi connectivity index (χ1) is 13.3. The summed E-state index contributed by atoms with van der Waals surface area (Å²) in [6.07, 6.45) is 4.18. The van der Waals surface area contributed by atoms with E-state index in [1.807, 2.05) is 4.72 Å². The van der Waals surface area contributed by atoms with Gasteiger partial charge in [0, 0.05) is 17.8 Å². The van der Waals surface area contributed by atoms with Crippen LogP contribution in [0.1, 0.15) is 5.56 Å². The zero-order chi connectivity index (χ0) is 20.3. The molecule has 3 rings (SSSR count). The highest BCUT2D eigenvalue weighted by molar-refractivity contribution is 7.90. The number of aliphatic imine (C=N–C) groups is 1. The van der Waals surface area contributed by atoms with Crippen molar-refractivity contribution in [1.82, 2.24) is 4.72 Å². The van der Waals surface area contributed by atoms with Crippen LogP contribution in [0.5, 0.6) is 5.75 Å². The lowest BCUT2D eigenvalue weighted by molar-refractivity contribution is -0.115. The summed E-state index contributed by atoms with van der Waals surface area (Å²) in [7, 11) is -2.87. The predicted molar refractivity (Wildman–Crippen MR) is 104 cm³/mol. The molecule has 1 aliphatic rings. The molecular formula is C19H14ClFN2O4S. The van der Waals surface area contributed by atoms with Crippen LogP contribution in [0.3, 0.4) is 0 Å². The fourth-order valence-electron chi connectivity index (χ4n) is 2.40. The lowest BCUT2D eigenvalue weighted by Gasteiger charge is -2.09. The van der Waals surface area contributed by atoms with E-state index < -0.39 is 21.7 Å². The van der Waals surface area contributed by atoms with Crippen molar-refractivity contribution in [3.8, 4) is 5.75 Å². The average molecular weight is 421 g/mol. The Morgan fingerprint density at radius 3 is 2.71 bits per heavy atom. The molecule has 0 bridgehead atoms. The van der Waals surface area contributed by atoms with Crippen molar-refractivity contribution < 1.29 is 22.3 Å². The van der Waals surface area contributed by atoms with E-state index >= 15 is 0 Å². The van der Waals surface area contributed by atoms with Gasteiger partial charge in [0.1, 0.15) is 22.2 Å². The molecule has 0 aliphatic carbocycles. The number of amides is 1. The molecule has 144 valence electrons. The second-order valence-electron chi connectivity index (χ2n) is 5.68. The average Bonchev–Trinajstić information content (AvgIpc) is 3.12. The van der Waals surface area contributed by atoms with Crippen LogP contribution < -0.4 is 9.46 Å². The number of carbonyl (C=O) groups is 1. The highest BCUT2D eigenvalue weighted by atomic mass is 35.5. The molecule has 1 amide bonds. The molecule has 0 fully saturated rings. The number of hydrogen-bond acceptors (Lipinski definition) is 5. The van der Waals surface area contributed by atoms with Crippen molar-refractivity contribution in [1.29, 1.82) is 0 Å². The van der Waals surface area contributed by atoms with Gasteiger partial charge in [0.15, 0.2) is 0 Å². The highest BCUT2D eigenvalue weighted by Gasteiger charge is 2.24. The van der Waals surface area contributed by atoms with Crippen molar-refractivity contribution in [2.45, 2.75) is 4.90 Å². The topological polar surface area (TPSA) is 84.8 Å². The molecule has 0 radical (unpaired) electrons. The van der Waals surface area contributed by atoms with Gasteiger partial charge in [0.05, 0.1) is 12.1 Å². The molecule has 1 aliphatic heterocycles. The van der Waals surface area contributed by atoms with Crippen LogP contribution in [0.15, 0.2) is 69.7 Å². The number of nitrogens with zero attached hydrogens (tertiary/aromatic N) is 1. The van der Waals surface area contributed by atoms with Crippen LogP contribution in [0.2, 0.25) is 5.02 Å². The summed E-state index contributed by atoms with van der Waals surface area (Å²) in [5, 5.41) is -0.0647. The van der Waals surface area contributed by atoms with Gasteiger partial charge in [-0.3, -0.25) is 9.79 Å². The van der Waals surface area contributed by atoms with Gasteiger partial charge in [0.25, 0.3) is 15.9 Å². The second kappa shape index (κ2) is 7.95. The van der Waals surface area contributed by atoms with E-state index in [9.17, 15) is 17.6 Å². The normalized spacial score (nSPS) is 14.8. The Bertz CT molecular complexity index is 1140. The summed E-state index contributed by atoms with van der Waals surface area (Å²) < 4.78 is 45.6. The molecule has 28 heavy (non-hydrogen) atoms. The molecule has 0 aromatic heterocycles. The summed E-state index contributed by atoms with van der Waals surface area (Å²) in [5.41, 5.74) is 0.634. The summed E-state index contributed by atoms with van der Waals surface area (Å²) >= 11 is 5.93. The fraction of sp³-hybridized carbons (Fsp3) is 0.0526. The van der Waals surface area contributed by atoms with Crippen LogP contribution in [0, 0.1) is 5.82 Å². The Kier molecular flexibility index (Phi) is 5.62. The minimum absolute atomic E-state index is 0.0647. The maximum atomic E-state index is 13.7. The number of rotatable bonds is 5. The van der Waals surface area contributed by atoms with Crippen molar-refractivity contribution in [2.24, 2.45) is 4.99 Å². The number of methoxy groups -OCH3 is 1. The number of hydrogen-bond donors (Lipinski definition) is 1. The smallest absolute Gasteiger partial charge is 0.283 e. The number of ether oxygens (including phenoxy) is 1. The van der Waals surface area contributed by atoms with E-state index in [2.05, 4.69) is 4.99 Å². The molecule has 6 nitrogen and oxygen atoms in total. The Hall–Kier alpha value is -2.97. The standard InChI is InChI=1S/C19H14ClFN2O4S/c1-27-14-6-7-15(20)18(10-14)28(25,26)23-19(24)17-9-12(11-22-17)8-13-4-2-3-5-16(13)21/h2-11H,1H3,(H,23,24)/b12-8+. The molecule has 0 unspecified atom stereocenters. The third-order valence-electron chi connectivity index (χ3n) is 3.77. The highest BCUT2D eigenvalue weighted by Crippen LogP contribution is 2.26. The van der Waals surface area contributed by atoms with E-state index in [4.69, 9.17) is 16.3 Å². The first-order valence-corrected chi connectivity index (χ1v) is 9.79. The van der Waals surface area contributed by atoms with Gasteiger partial charge in [-0.15, -0.1) is 0 Å². The monoisotopic (exact) mass is 420 g/mol. The molecule has 0 saturated heterocycles. The molecule has 2 aromatic carbocycles. The fourth-order valence-corrected chi connectivity index (χ4v) is 3.87. The number of benzene rings is 2.